The van der Waals surface area contributed by atoms with E-state index >= 15 is 0 Å². The van der Waals surface area contributed by atoms with Crippen LogP contribution in [0.2, 0.25) is 0 Å². The quantitative estimate of drug-likeness (QED) is 0.0261. The number of ether oxygens (including phenoxy) is 3. The molecule has 77 heavy (non-hydrogen) atoms. The Morgan fingerprint density at radius 2 is 0.506 bits per heavy atom. The van der Waals surface area contributed by atoms with Crippen molar-refractivity contribution in [2.45, 2.75) is 386 Å². The molecule has 0 heterocycles. The third kappa shape index (κ3) is 64.3. The van der Waals surface area contributed by atoms with Gasteiger partial charge in [0.15, 0.2) is 6.10 Å². The van der Waals surface area contributed by atoms with Gasteiger partial charge >= 0.3 is 17.9 Å². The second-order valence-electron chi connectivity index (χ2n) is 23.4. The third-order valence-electron chi connectivity index (χ3n) is 15.7. The standard InChI is InChI=1S/C71H132O6/c1-4-7-10-13-16-19-22-25-28-31-32-33-34-35-36-37-38-39-41-43-46-49-52-55-58-61-64-70(73)76-67-68(66-75-69(72)63-60-57-54-51-48-45-42-30-27-24-21-18-15-12-9-6-3)77-71(74)65-62-59-56-53-50-47-44-40-29-26-23-20-17-14-11-8-5-2/h8,11,17,20,26,29,68H,4-7,9-10,12-16,18-19,21-25,27-28,30-67H2,1-3H3/b11-8-,20-17-,29-26-. The number of allylic oxidation sites excluding steroid dienone is 6. The van der Waals surface area contributed by atoms with Gasteiger partial charge < -0.3 is 14.2 Å². The molecule has 0 aromatic heterocycles. The first kappa shape index (κ1) is 74.6. The lowest BCUT2D eigenvalue weighted by molar-refractivity contribution is -0.167. The average molecular weight is 1080 g/mol. The van der Waals surface area contributed by atoms with Crippen molar-refractivity contribution in [2.75, 3.05) is 13.2 Å². The van der Waals surface area contributed by atoms with Crippen molar-refractivity contribution in [3.63, 3.8) is 0 Å². The maximum atomic E-state index is 12.9. The molecular weight excluding hydrogens is 949 g/mol. The molecule has 452 valence electrons. The lowest BCUT2D eigenvalue weighted by Crippen LogP contribution is -2.30. The summed E-state index contributed by atoms with van der Waals surface area (Å²) in [7, 11) is 0. The first-order valence-corrected chi connectivity index (χ1v) is 34.5. The molecule has 0 aliphatic carbocycles. The summed E-state index contributed by atoms with van der Waals surface area (Å²) < 4.78 is 17.0. The Kier molecular flexibility index (Phi) is 64.1. The second kappa shape index (κ2) is 66.1. The van der Waals surface area contributed by atoms with Crippen LogP contribution in [-0.4, -0.2) is 37.2 Å². The Hall–Kier alpha value is -2.37. The van der Waals surface area contributed by atoms with Gasteiger partial charge in [0.05, 0.1) is 0 Å². The van der Waals surface area contributed by atoms with E-state index in [4.69, 9.17) is 14.2 Å². The largest absolute Gasteiger partial charge is 0.462 e. The molecular formula is C71H132O6. The van der Waals surface area contributed by atoms with E-state index in [-0.39, 0.29) is 31.1 Å². The molecule has 0 aliphatic heterocycles. The van der Waals surface area contributed by atoms with E-state index in [0.717, 1.165) is 83.5 Å². The first-order chi connectivity index (χ1) is 38.0. The summed E-state index contributed by atoms with van der Waals surface area (Å²) in [5, 5.41) is 0. The minimum absolute atomic E-state index is 0.0705. The van der Waals surface area contributed by atoms with E-state index in [1.807, 2.05) is 0 Å². The maximum Gasteiger partial charge on any atom is 0.306 e. The van der Waals surface area contributed by atoms with Gasteiger partial charge in [-0.25, -0.2) is 0 Å². The van der Waals surface area contributed by atoms with Crippen molar-refractivity contribution in [3.8, 4) is 0 Å². The van der Waals surface area contributed by atoms with Crippen LogP contribution in [0.15, 0.2) is 36.5 Å². The van der Waals surface area contributed by atoms with Crippen LogP contribution >= 0.6 is 0 Å². The number of hydrogen-bond donors (Lipinski definition) is 0. The average Bonchev–Trinajstić information content (AvgIpc) is 3.43. The third-order valence-corrected chi connectivity index (χ3v) is 15.7. The first-order valence-electron chi connectivity index (χ1n) is 34.5. The van der Waals surface area contributed by atoms with Gasteiger partial charge in [-0.05, 0) is 51.4 Å². The molecule has 0 aromatic carbocycles. The normalized spacial score (nSPS) is 12.2. The molecule has 0 saturated heterocycles. The van der Waals surface area contributed by atoms with Gasteiger partial charge in [-0.3, -0.25) is 14.4 Å². The highest BCUT2D eigenvalue weighted by atomic mass is 16.6. The minimum Gasteiger partial charge on any atom is -0.462 e. The monoisotopic (exact) mass is 1080 g/mol. The fourth-order valence-electron chi connectivity index (χ4n) is 10.5. The Morgan fingerprint density at radius 3 is 0.792 bits per heavy atom. The molecule has 0 saturated carbocycles. The maximum absolute atomic E-state index is 12.9. The van der Waals surface area contributed by atoms with E-state index in [2.05, 4.69) is 57.2 Å². The smallest absolute Gasteiger partial charge is 0.306 e. The van der Waals surface area contributed by atoms with Gasteiger partial charge in [0.1, 0.15) is 13.2 Å². The van der Waals surface area contributed by atoms with Crippen molar-refractivity contribution < 1.29 is 28.6 Å². The highest BCUT2D eigenvalue weighted by Crippen LogP contribution is 2.19. The summed E-state index contributed by atoms with van der Waals surface area (Å²) in [6, 6.07) is 0. The van der Waals surface area contributed by atoms with Gasteiger partial charge in [0.2, 0.25) is 0 Å². The molecule has 6 nitrogen and oxygen atoms in total. The van der Waals surface area contributed by atoms with Crippen LogP contribution in [0.4, 0.5) is 0 Å². The summed E-state index contributed by atoms with van der Waals surface area (Å²) in [6.45, 7) is 6.60. The van der Waals surface area contributed by atoms with Crippen LogP contribution < -0.4 is 0 Å². The molecule has 0 spiro atoms. The number of carbonyl (C=O) groups excluding carboxylic acids is 3. The molecule has 0 bridgehead atoms. The molecule has 0 amide bonds. The zero-order valence-electron chi connectivity index (χ0n) is 52.0. The van der Waals surface area contributed by atoms with Crippen LogP contribution in [-0.2, 0) is 28.6 Å². The van der Waals surface area contributed by atoms with Crippen molar-refractivity contribution in [3.05, 3.63) is 36.5 Å². The van der Waals surface area contributed by atoms with Crippen molar-refractivity contribution >= 4 is 17.9 Å². The highest BCUT2D eigenvalue weighted by Gasteiger charge is 2.19. The minimum atomic E-state index is -0.775. The topological polar surface area (TPSA) is 78.9 Å². The molecule has 0 N–H and O–H groups in total. The summed E-state index contributed by atoms with van der Waals surface area (Å²) in [5.41, 5.74) is 0. The van der Waals surface area contributed by atoms with Gasteiger partial charge in [0, 0.05) is 19.3 Å². The Balaban J connectivity index is 4.24. The highest BCUT2D eigenvalue weighted by molar-refractivity contribution is 5.71. The summed E-state index contributed by atoms with van der Waals surface area (Å²) in [6.07, 6.45) is 81.7. The van der Waals surface area contributed by atoms with E-state index in [1.165, 1.54) is 257 Å². The van der Waals surface area contributed by atoms with Crippen LogP contribution in [0.25, 0.3) is 0 Å². The molecule has 0 rings (SSSR count). The Labute approximate surface area is 480 Å². The van der Waals surface area contributed by atoms with Gasteiger partial charge in [-0.15, -0.1) is 0 Å². The van der Waals surface area contributed by atoms with Crippen LogP contribution in [0.1, 0.15) is 380 Å². The predicted octanol–water partition coefficient (Wildman–Crippen LogP) is 23.6. The zero-order chi connectivity index (χ0) is 55.7. The molecule has 6 heteroatoms. The van der Waals surface area contributed by atoms with Crippen molar-refractivity contribution in [1.29, 1.82) is 0 Å². The lowest BCUT2D eigenvalue weighted by Gasteiger charge is -2.18. The number of carbonyl (C=O) groups is 3. The van der Waals surface area contributed by atoms with Gasteiger partial charge in [-0.1, -0.05) is 346 Å². The van der Waals surface area contributed by atoms with E-state index in [9.17, 15) is 14.4 Å². The number of unbranched alkanes of at least 4 members (excludes halogenated alkanes) is 47. The van der Waals surface area contributed by atoms with Crippen molar-refractivity contribution in [2.24, 2.45) is 0 Å². The molecule has 0 aromatic rings. The number of hydrogen-bond acceptors (Lipinski definition) is 6. The summed E-state index contributed by atoms with van der Waals surface area (Å²) in [4.78, 5) is 38.4. The fourth-order valence-corrected chi connectivity index (χ4v) is 10.5. The van der Waals surface area contributed by atoms with Gasteiger partial charge in [-0.2, -0.15) is 0 Å². The summed E-state index contributed by atoms with van der Waals surface area (Å²) >= 11 is 0. The van der Waals surface area contributed by atoms with E-state index in [0.29, 0.717) is 19.3 Å². The van der Waals surface area contributed by atoms with Crippen molar-refractivity contribution in [1.82, 2.24) is 0 Å². The van der Waals surface area contributed by atoms with Crippen LogP contribution in [0.3, 0.4) is 0 Å². The molecule has 1 atom stereocenters. The molecule has 1 unspecified atom stereocenters. The fraction of sp³-hybridized carbons (Fsp3) is 0.873. The molecule has 0 radical (unpaired) electrons. The van der Waals surface area contributed by atoms with E-state index in [1.54, 1.807) is 0 Å². The molecule has 0 fully saturated rings. The second-order valence-corrected chi connectivity index (χ2v) is 23.4. The molecule has 0 aliphatic rings. The van der Waals surface area contributed by atoms with Crippen LogP contribution in [0, 0.1) is 0 Å². The van der Waals surface area contributed by atoms with Crippen LogP contribution in [0.5, 0.6) is 0 Å². The summed E-state index contributed by atoms with van der Waals surface area (Å²) in [5.74, 6) is -0.851. The SMILES string of the molecule is CC/C=C\C/C=C\C/C=C\CCCCCCCCCC(=O)OC(COC(=O)CCCCCCCCCCCCCCCCCC)COC(=O)CCCCCCCCCCCCCCCCCCCCCCCCCCCC. The lowest BCUT2D eigenvalue weighted by atomic mass is 10.0. The predicted molar refractivity (Wildman–Crippen MR) is 335 cm³/mol. The van der Waals surface area contributed by atoms with E-state index < -0.39 is 6.10 Å². The Morgan fingerprint density at radius 1 is 0.273 bits per heavy atom. The van der Waals surface area contributed by atoms with Gasteiger partial charge in [0.25, 0.3) is 0 Å². The Bertz CT molecular complexity index is 1290. The zero-order valence-corrected chi connectivity index (χ0v) is 52.0. The number of rotatable bonds is 64. The number of esters is 3.